The van der Waals surface area contributed by atoms with Gasteiger partial charge in [-0.05, 0) is 13.8 Å². The highest BCUT2D eigenvalue weighted by Crippen LogP contribution is 2.12. The van der Waals surface area contributed by atoms with Crippen LogP contribution in [0.3, 0.4) is 0 Å². The first-order chi connectivity index (χ1) is 6.43. The highest BCUT2D eigenvalue weighted by atomic mass is 35.5. The third kappa shape index (κ3) is 2.78. The van der Waals surface area contributed by atoms with Crippen molar-refractivity contribution < 1.29 is 0 Å². The fraction of sp³-hybridized carbons (Fsp3) is 0.625. The second-order valence-electron chi connectivity index (χ2n) is 3.59. The minimum Gasteiger partial charge on any atom is -0.368 e. The Hall–Kier alpha value is -0.940. The van der Waals surface area contributed by atoms with Crippen LogP contribution in [-0.4, -0.2) is 20.8 Å². The van der Waals surface area contributed by atoms with Crippen LogP contribution in [0.5, 0.6) is 0 Å². The van der Waals surface area contributed by atoms with E-state index in [9.17, 15) is 0 Å². The number of nitrogens with two attached hydrogens (primary N) is 2. The summed E-state index contributed by atoms with van der Waals surface area (Å²) in [5.41, 5.74) is 10.8. The van der Waals surface area contributed by atoms with E-state index in [4.69, 9.17) is 23.1 Å². The van der Waals surface area contributed by atoms with Crippen LogP contribution >= 0.6 is 11.6 Å². The summed E-state index contributed by atoms with van der Waals surface area (Å²) in [4.78, 5) is 12.1. The Morgan fingerprint density at radius 3 is 2.43 bits per heavy atom. The van der Waals surface area contributed by atoms with Crippen molar-refractivity contribution in [1.82, 2.24) is 15.0 Å². The first-order valence-corrected chi connectivity index (χ1v) is 4.82. The Labute approximate surface area is 87.9 Å². The summed E-state index contributed by atoms with van der Waals surface area (Å²) in [7, 11) is 0. The van der Waals surface area contributed by atoms with Gasteiger partial charge in [0, 0.05) is 12.3 Å². The molecule has 0 aliphatic heterocycles. The largest absolute Gasteiger partial charge is 0.368 e. The van der Waals surface area contributed by atoms with Crippen LogP contribution < -0.4 is 11.5 Å². The summed E-state index contributed by atoms with van der Waals surface area (Å²) >= 11 is 5.58. The van der Waals surface area contributed by atoms with Gasteiger partial charge in [0.1, 0.15) is 5.82 Å². The molecule has 0 unspecified atom stereocenters. The van der Waals surface area contributed by atoms with E-state index in [1.807, 2.05) is 13.8 Å². The lowest BCUT2D eigenvalue weighted by atomic mass is 10.1. The molecule has 1 heterocycles. The Kier molecular flexibility index (Phi) is 3.23. The molecule has 6 heteroatoms. The molecule has 1 aromatic heterocycles. The van der Waals surface area contributed by atoms with Crippen LogP contribution in [-0.2, 0) is 12.0 Å². The molecule has 14 heavy (non-hydrogen) atoms. The van der Waals surface area contributed by atoms with Gasteiger partial charge >= 0.3 is 0 Å². The second kappa shape index (κ2) is 4.06. The average molecular weight is 216 g/mol. The summed E-state index contributed by atoms with van der Waals surface area (Å²) in [5.74, 6) is 1.72. The third-order valence-electron chi connectivity index (χ3n) is 1.59. The van der Waals surface area contributed by atoms with Gasteiger partial charge in [0.2, 0.25) is 5.95 Å². The van der Waals surface area contributed by atoms with Crippen LogP contribution in [0.15, 0.2) is 0 Å². The number of rotatable bonds is 3. The molecular formula is C8H14ClN5. The van der Waals surface area contributed by atoms with E-state index in [0.717, 1.165) is 0 Å². The first-order valence-electron chi connectivity index (χ1n) is 4.29. The zero-order valence-corrected chi connectivity index (χ0v) is 9.04. The van der Waals surface area contributed by atoms with Crippen molar-refractivity contribution in [3.63, 3.8) is 0 Å². The van der Waals surface area contributed by atoms with Crippen molar-refractivity contribution in [2.45, 2.75) is 25.8 Å². The van der Waals surface area contributed by atoms with Crippen LogP contribution in [0.4, 0.5) is 5.95 Å². The molecule has 0 bridgehead atoms. The number of alkyl halides is 1. The topological polar surface area (TPSA) is 90.7 Å². The van der Waals surface area contributed by atoms with Crippen LogP contribution in [0.25, 0.3) is 0 Å². The number of hydrogen-bond donors (Lipinski definition) is 2. The van der Waals surface area contributed by atoms with Gasteiger partial charge < -0.3 is 11.5 Å². The minimum absolute atomic E-state index is 0.189. The lowest BCUT2D eigenvalue weighted by Crippen LogP contribution is -2.32. The van der Waals surface area contributed by atoms with Gasteiger partial charge in [-0.25, -0.2) is 4.98 Å². The fourth-order valence-corrected chi connectivity index (χ4v) is 1.09. The standard InChI is InChI=1S/C8H14ClN5/c1-8(2,11)6-12-5(3-4-9)13-7(10)14-6/h3-4,11H2,1-2H3,(H2,10,12,13,14). The van der Waals surface area contributed by atoms with E-state index in [-0.39, 0.29) is 5.95 Å². The van der Waals surface area contributed by atoms with E-state index in [1.54, 1.807) is 0 Å². The molecule has 0 aliphatic rings. The molecule has 4 N–H and O–H groups in total. The molecule has 0 spiro atoms. The van der Waals surface area contributed by atoms with Gasteiger partial charge in [0.15, 0.2) is 5.82 Å². The molecule has 1 aromatic rings. The summed E-state index contributed by atoms with van der Waals surface area (Å²) in [6.07, 6.45) is 0.567. The molecule has 0 amide bonds. The molecule has 0 radical (unpaired) electrons. The summed E-state index contributed by atoms with van der Waals surface area (Å²) in [5, 5.41) is 0. The van der Waals surface area contributed by atoms with Gasteiger partial charge in [-0.2, -0.15) is 9.97 Å². The second-order valence-corrected chi connectivity index (χ2v) is 3.97. The van der Waals surface area contributed by atoms with Gasteiger partial charge in [0.25, 0.3) is 0 Å². The maximum Gasteiger partial charge on any atom is 0.223 e. The summed E-state index contributed by atoms with van der Waals surface area (Å²) in [6.45, 7) is 3.62. The highest BCUT2D eigenvalue weighted by molar-refractivity contribution is 6.17. The van der Waals surface area contributed by atoms with Crippen molar-refractivity contribution in [3.05, 3.63) is 11.6 Å². The molecule has 0 aromatic carbocycles. The van der Waals surface area contributed by atoms with Crippen molar-refractivity contribution in [1.29, 1.82) is 0 Å². The molecule has 0 saturated heterocycles. The molecule has 5 nitrogen and oxygen atoms in total. The number of anilines is 1. The van der Waals surface area contributed by atoms with Gasteiger partial charge in [-0.1, -0.05) is 0 Å². The SMILES string of the molecule is CC(C)(N)c1nc(N)nc(CCCl)n1. The van der Waals surface area contributed by atoms with E-state index in [2.05, 4.69) is 15.0 Å². The lowest BCUT2D eigenvalue weighted by molar-refractivity contribution is 0.508. The number of nitrogen functional groups attached to an aromatic ring is 1. The summed E-state index contributed by atoms with van der Waals surface area (Å²) in [6, 6.07) is 0. The predicted octanol–water partition coefficient (Wildman–Crippen LogP) is 0.429. The molecule has 0 atom stereocenters. The van der Waals surface area contributed by atoms with E-state index in [1.165, 1.54) is 0 Å². The number of hydrogen-bond acceptors (Lipinski definition) is 5. The molecule has 1 rings (SSSR count). The minimum atomic E-state index is -0.613. The lowest BCUT2D eigenvalue weighted by Gasteiger charge is -2.17. The van der Waals surface area contributed by atoms with Gasteiger partial charge in [-0.15, -0.1) is 11.6 Å². The Morgan fingerprint density at radius 1 is 1.29 bits per heavy atom. The Balaban J connectivity index is 3.07. The average Bonchev–Trinajstić information content (AvgIpc) is 2.02. The van der Waals surface area contributed by atoms with Crippen LogP contribution in [0.1, 0.15) is 25.5 Å². The third-order valence-corrected chi connectivity index (χ3v) is 1.78. The zero-order chi connectivity index (χ0) is 10.8. The number of halogens is 1. The van der Waals surface area contributed by atoms with Crippen molar-refractivity contribution in [3.8, 4) is 0 Å². The number of aryl methyl sites for hydroxylation is 1. The van der Waals surface area contributed by atoms with Gasteiger partial charge in [0.05, 0.1) is 5.54 Å². The van der Waals surface area contributed by atoms with Gasteiger partial charge in [-0.3, -0.25) is 0 Å². The predicted molar refractivity (Wildman–Crippen MR) is 55.9 cm³/mol. The van der Waals surface area contributed by atoms with E-state index < -0.39 is 5.54 Å². The molecule has 0 aliphatic carbocycles. The molecular weight excluding hydrogens is 202 g/mol. The zero-order valence-electron chi connectivity index (χ0n) is 8.29. The molecule has 78 valence electrons. The molecule has 0 fully saturated rings. The Bertz CT molecular complexity index is 320. The van der Waals surface area contributed by atoms with Crippen molar-refractivity contribution in [2.24, 2.45) is 5.73 Å². The van der Waals surface area contributed by atoms with E-state index in [0.29, 0.717) is 23.9 Å². The smallest absolute Gasteiger partial charge is 0.223 e. The maximum atomic E-state index is 5.85. The van der Waals surface area contributed by atoms with Crippen molar-refractivity contribution in [2.75, 3.05) is 11.6 Å². The fourth-order valence-electron chi connectivity index (χ4n) is 0.922. The normalized spacial score (nSPS) is 11.7. The number of nitrogens with zero attached hydrogens (tertiary/aromatic N) is 3. The Morgan fingerprint density at radius 2 is 1.93 bits per heavy atom. The first kappa shape index (κ1) is 11.1. The van der Waals surface area contributed by atoms with Crippen molar-refractivity contribution >= 4 is 17.5 Å². The van der Waals surface area contributed by atoms with Crippen LogP contribution in [0, 0.1) is 0 Å². The summed E-state index contributed by atoms with van der Waals surface area (Å²) < 4.78 is 0. The van der Waals surface area contributed by atoms with Crippen LogP contribution in [0.2, 0.25) is 0 Å². The molecule has 0 saturated carbocycles. The quantitative estimate of drug-likeness (QED) is 0.714. The highest BCUT2D eigenvalue weighted by Gasteiger charge is 2.19. The maximum absolute atomic E-state index is 5.85. The number of aromatic nitrogens is 3. The van der Waals surface area contributed by atoms with E-state index >= 15 is 0 Å². The monoisotopic (exact) mass is 215 g/mol.